The Hall–Kier alpha value is -0.960. The van der Waals surface area contributed by atoms with E-state index in [2.05, 4.69) is 45.0 Å². The fraction of sp³-hybridized carbons (Fsp3) is 0.400. The van der Waals surface area contributed by atoms with Crippen LogP contribution in [0.2, 0.25) is 0 Å². The molecule has 3 heteroatoms. The fourth-order valence-electron chi connectivity index (χ4n) is 2.90. The smallest absolute Gasteiger partial charge is 0.0835 e. The van der Waals surface area contributed by atoms with Crippen LogP contribution in [0.25, 0.3) is 0 Å². The van der Waals surface area contributed by atoms with Crippen LogP contribution in [0.1, 0.15) is 34.8 Å². The lowest BCUT2D eigenvalue weighted by Gasteiger charge is -2.19. The monoisotopic (exact) mass is 348 g/mol. The van der Waals surface area contributed by atoms with Gasteiger partial charge >= 0.3 is 0 Å². The summed E-state index contributed by atoms with van der Waals surface area (Å²) < 4.78 is 5.63. The number of hydrogen-bond acceptors (Lipinski definition) is 2. The number of rotatable bonds is 7. The molecule has 2 rings (SSSR count). The molecule has 0 aliphatic heterocycles. The number of aryl methyl sites for hydroxylation is 3. The molecule has 0 heterocycles. The third-order valence-electron chi connectivity index (χ3n) is 3.94. The van der Waals surface area contributed by atoms with Crippen molar-refractivity contribution in [3.8, 4) is 0 Å². The molecule has 2 aromatic carbocycles. The summed E-state index contributed by atoms with van der Waals surface area (Å²) in [5, 5.41) is 0.0743. The van der Waals surface area contributed by atoms with Gasteiger partial charge in [0.05, 0.1) is 6.10 Å². The molecule has 0 radical (unpaired) electrons. The Labute approximate surface area is 149 Å². The first-order valence-electron chi connectivity index (χ1n) is 7.93. The minimum absolute atomic E-state index is 0.0551. The first-order valence-corrected chi connectivity index (χ1v) is 9.36. The highest BCUT2D eigenvalue weighted by Crippen LogP contribution is 2.31. The van der Waals surface area contributed by atoms with Crippen molar-refractivity contribution >= 4 is 23.4 Å². The molecule has 0 aliphatic rings. The zero-order chi connectivity index (χ0) is 16.8. The van der Waals surface area contributed by atoms with E-state index < -0.39 is 0 Å². The molecule has 1 nitrogen and oxygen atoms in total. The van der Waals surface area contributed by atoms with E-state index in [-0.39, 0.29) is 11.5 Å². The van der Waals surface area contributed by atoms with Gasteiger partial charge in [0.2, 0.25) is 0 Å². The van der Waals surface area contributed by atoms with Gasteiger partial charge < -0.3 is 4.74 Å². The van der Waals surface area contributed by atoms with Crippen molar-refractivity contribution in [3.63, 3.8) is 0 Å². The van der Waals surface area contributed by atoms with Gasteiger partial charge in [-0.05, 0) is 43.9 Å². The number of methoxy groups -OCH3 is 1. The fourth-order valence-corrected chi connectivity index (χ4v) is 4.31. The summed E-state index contributed by atoms with van der Waals surface area (Å²) in [6.45, 7) is 6.49. The summed E-state index contributed by atoms with van der Waals surface area (Å²) in [7, 11) is 1.75. The van der Waals surface area contributed by atoms with Crippen LogP contribution in [0.15, 0.2) is 47.4 Å². The Bertz CT molecular complexity index is 604. The summed E-state index contributed by atoms with van der Waals surface area (Å²) in [4.78, 5) is 1.36. The molecule has 23 heavy (non-hydrogen) atoms. The second-order valence-electron chi connectivity index (χ2n) is 6.01. The van der Waals surface area contributed by atoms with E-state index in [0.29, 0.717) is 0 Å². The van der Waals surface area contributed by atoms with Crippen molar-refractivity contribution in [3.05, 3.63) is 64.7 Å². The molecule has 0 amide bonds. The Kier molecular flexibility index (Phi) is 7.01. The van der Waals surface area contributed by atoms with E-state index in [9.17, 15) is 0 Å². The molecule has 124 valence electrons. The minimum Gasteiger partial charge on any atom is -0.377 e. The van der Waals surface area contributed by atoms with E-state index in [1.807, 2.05) is 30.0 Å². The first kappa shape index (κ1) is 18.4. The summed E-state index contributed by atoms with van der Waals surface area (Å²) >= 11 is 8.44. The maximum absolute atomic E-state index is 6.59. The van der Waals surface area contributed by atoms with Gasteiger partial charge in [0.1, 0.15) is 0 Å². The number of thioether (sulfide) groups is 1. The van der Waals surface area contributed by atoms with Crippen molar-refractivity contribution in [1.29, 1.82) is 0 Å². The zero-order valence-corrected chi connectivity index (χ0v) is 15.9. The Balaban J connectivity index is 1.96. The summed E-state index contributed by atoms with van der Waals surface area (Å²) in [6, 6.07) is 14.8. The maximum atomic E-state index is 6.59. The molecule has 0 fully saturated rings. The summed E-state index contributed by atoms with van der Waals surface area (Å²) in [5.41, 5.74) is 5.18. The highest BCUT2D eigenvalue weighted by molar-refractivity contribution is 7.99. The van der Waals surface area contributed by atoms with Crippen LogP contribution in [0.3, 0.4) is 0 Å². The van der Waals surface area contributed by atoms with Gasteiger partial charge in [-0.15, -0.1) is 23.4 Å². The second-order valence-corrected chi connectivity index (χ2v) is 7.65. The van der Waals surface area contributed by atoms with Crippen molar-refractivity contribution in [2.45, 2.75) is 43.6 Å². The number of halogens is 1. The molecule has 0 aliphatic carbocycles. The van der Waals surface area contributed by atoms with E-state index in [1.165, 1.54) is 27.1 Å². The molecule has 0 spiro atoms. The topological polar surface area (TPSA) is 9.23 Å². The van der Waals surface area contributed by atoms with E-state index in [1.54, 1.807) is 7.11 Å². The number of hydrogen-bond donors (Lipinski definition) is 0. The van der Waals surface area contributed by atoms with Gasteiger partial charge in [0, 0.05) is 23.1 Å². The molecule has 2 unspecified atom stereocenters. The number of ether oxygens (including phenoxy) is 1. The predicted molar refractivity (Wildman–Crippen MR) is 102 cm³/mol. The average molecular weight is 349 g/mol. The highest BCUT2D eigenvalue weighted by Gasteiger charge is 2.17. The van der Waals surface area contributed by atoms with Gasteiger partial charge in [-0.25, -0.2) is 0 Å². The van der Waals surface area contributed by atoms with Crippen molar-refractivity contribution < 1.29 is 4.74 Å². The molecule has 0 saturated carbocycles. The van der Waals surface area contributed by atoms with Gasteiger partial charge in [-0.3, -0.25) is 0 Å². The van der Waals surface area contributed by atoms with Crippen molar-refractivity contribution in [1.82, 2.24) is 0 Å². The molecule has 0 N–H and O–H groups in total. The van der Waals surface area contributed by atoms with E-state index in [4.69, 9.17) is 16.3 Å². The Morgan fingerprint density at radius 1 is 1.04 bits per heavy atom. The molecular formula is C20H25ClOS. The third-order valence-corrected chi connectivity index (χ3v) is 5.96. The van der Waals surface area contributed by atoms with E-state index in [0.717, 1.165) is 12.2 Å². The van der Waals surface area contributed by atoms with Crippen molar-refractivity contribution in [2.24, 2.45) is 0 Å². The average Bonchev–Trinajstić information content (AvgIpc) is 2.52. The second kappa shape index (κ2) is 8.77. The molecule has 0 aromatic heterocycles. The van der Waals surface area contributed by atoms with Crippen LogP contribution in [0.4, 0.5) is 0 Å². The van der Waals surface area contributed by atoms with Crippen LogP contribution in [-0.4, -0.2) is 18.2 Å². The first-order chi connectivity index (χ1) is 11.0. The molecule has 0 bridgehead atoms. The van der Waals surface area contributed by atoms with Gasteiger partial charge in [0.15, 0.2) is 0 Å². The van der Waals surface area contributed by atoms with E-state index >= 15 is 0 Å². The Morgan fingerprint density at radius 2 is 1.65 bits per heavy atom. The van der Waals surface area contributed by atoms with Crippen LogP contribution in [-0.2, 0) is 4.74 Å². The molecule has 2 aromatic rings. The third kappa shape index (κ3) is 5.27. The lowest BCUT2D eigenvalue weighted by molar-refractivity contribution is 0.0961. The Morgan fingerprint density at radius 3 is 2.22 bits per heavy atom. The molecular weight excluding hydrogens is 324 g/mol. The summed E-state index contributed by atoms with van der Waals surface area (Å²) in [6.07, 6.45) is 0.874. The van der Waals surface area contributed by atoms with Gasteiger partial charge in [-0.2, -0.15) is 0 Å². The van der Waals surface area contributed by atoms with Gasteiger partial charge in [-0.1, -0.05) is 48.0 Å². The highest BCUT2D eigenvalue weighted by atomic mass is 35.5. The van der Waals surface area contributed by atoms with Crippen LogP contribution in [0, 0.1) is 20.8 Å². The van der Waals surface area contributed by atoms with Crippen LogP contribution < -0.4 is 0 Å². The quantitative estimate of drug-likeness (QED) is 0.442. The number of alkyl halides is 1. The standard InChI is InChI=1S/C20H25ClOS/c1-14-10-15(2)20(16(3)11-14)23-13-18(21)12-19(22-4)17-8-6-5-7-9-17/h5-11,18-19H,12-13H2,1-4H3. The maximum Gasteiger partial charge on any atom is 0.0835 e. The lowest BCUT2D eigenvalue weighted by Crippen LogP contribution is -2.11. The summed E-state index contributed by atoms with van der Waals surface area (Å²) in [5.74, 6) is 0.888. The SMILES string of the molecule is COC(CC(Cl)CSc1c(C)cc(C)cc1C)c1ccccc1. The van der Waals surface area contributed by atoms with Gasteiger partial charge in [0.25, 0.3) is 0 Å². The van der Waals surface area contributed by atoms with Crippen molar-refractivity contribution in [2.75, 3.05) is 12.9 Å². The predicted octanol–water partition coefficient (Wildman–Crippen LogP) is 6.09. The molecule has 0 saturated heterocycles. The normalized spacial score (nSPS) is 13.8. The van der Waals surface area contributed by atoms with Crippen LogP contribution >= 0.6 is 23.4 Å². The lowest BCUT2D eigenvalue weighted by atomic mass is 10.1. The number of benzene rings is 2. The minimum atomic E-state index is 0.0551. The largest absolute Gasteiger partial charge is 0.377 e. The zero-order valence-electron chi connectivity index (χ0n) is 14.3. The van der Waals surface area contributed by atoms with Crippen LogP contribution in [0.5, 0.6) is 0 Å². The molecule has 2 atom stereocenters.